The van der Waals surface area contributed by atoms with Crippen molar-refractivity contribution < 1.29 is 65.8 Å². The van der Waals surface area contributed by atoms with E-state index in [4.69, 9.17) is 11.6 Å². The van der Waals surface area contributed by atoms with Gasteiger partial charge in [-0.15, -0.1) is 0 Å². The molecule has 22 heavy (non-hydrogen) atoms. The van der Waals surface area contributed by atoms with Gasteiger partial charge in [0.25, 0.3) is 10.1 Å². The van der Waals surface area contributed by atoms with Crippen molar-refractivity contribution >= 4 is 54.0 Å². The molecule has 0 aliphatic carbocycles. The van der Waals surface area contributed by atoms with Crippen LogP contribution in [0, 0.1) is 0 Å². The molecule has 1 N–H and O–H groups in total. The van der Waals surface area contributed by atoms with Crippen molar-refractivity contribution in [3.05, 3.63) is 53.6 Å². The van der Waals surface area contributed by atoms with Crippen molar-refractivity contribution in [3.63, 3.8) is 0 Å². The number of hydrogen-bond acceptors (Lipinski definition) is 2. The topological polar surface area (TPSA) is 54.4 Å². The molecule has 4 rings (SSSR count). The van der Waals surface area contributed by atoms with E-state index < -0.39 is 10.1 Å². The van der Waals surface area contributed by atoms with Crippen LogP contribution in [0.3, 0.4) is 0 Å². The van der Waals surface area contributed by atoms with Gasteiger partial charge in [0.2, 0.25) is 0 Å². The van der Waals surface area contributed by atoms with Crippen molar-refractivity contribution in [2.24, 2.45) is 0 Å². The minimum Gasteiger partial charge on any atom is -1.00 e. The number of benzene rings is 4. The number of hydrogen-bond donors (Lipinski definition) is 1. The van der Waals surface area contributed by atoms with Crippen LogP contribution >= 0.6 is 11.6 Å². The van der Waals surface area contributed by atoms with E-state index in [1.807, 2.05) is 36.4 Å². The molecule has 0 spiro atoms. The van der Waals surface area contributed by atoms with Gasteiger partial charge >= 0.3 is 51.4 Å². The molecule has 4 aromatic carbocycles. The zero-order valence-electron chi connectivity index (χ0n) is 12.7. The monoisotopic (exact) mass is 356 g/mol. The summed E-state index contributed by atoms with van der Waals surface area (Å²) in [5.41, 5.74) is 0. The van der Waals surface area contributed by atoms with Crippen molar-refractivity contribution in [2.75, 3.05) is 0 Å². The zero-order chi connectivity index (χ0) is 14.8. The average molecular weight is 357 g/mol. The Hall–Kier alpha value is -0.244. The second-order valence-corrected chi connectivity index (χ2v) is 6.78. The van der Waals surface area contributed by atoms with Gasteiger partial charge in [0.1, 0.15) is 4.90 Å². The third-order valence-electron chi connectivity index (χ3n) is 3.81. The number of rotatable bonds is 1. The Labute approximate surface area is 176 Å². The summed E-state index contributed by atoms with van der Waals surface area (Å²) in [6.07, 6.45) is 0. The summed E-state index contributed by atoms with van der Waals surface area (Å²) in [6.45, 7) is 0. The maximum absolute atomic E-state index is 11.7. The SMILES string of the molecule is O=S(=O)(O)c1c(Cl)cc2ccc3cccc4ccc1c2c34.[H-].[K+]. The van der Waals surface area contributed by atoms with Gasteiger partial charge < -0.3 is 1.43 Å². The molecular weight excluding hydrogens is 347 g/mol. The molecule has 4 aromatic rings. The molecular formula is C16H10ClKO3S. The van der Waals surface area contributed by atoms with Gasteiger partial charge in [0, 0.05) is 5.39 Å². The van der Waals surface area contributed by atoms with Crippen LogP contribution in [0.1, 0.15) is 1.43 Å². The molecule has 0 saturated heterocycles. The number of halogens is 1. The molecule has 106 valence electrons. The Morgan fingerprint density at radius 3 is 2.14 bits per heavy atom. The average Bonchev–Trinajstić information content (AvgIpc) is 2.42. The van der Waals surface area contributed by atoms with Crippen LogP contribution in [0.15, 0.2) is 53.4 Å². The van der Waals surface area contributed by atoms with Crippen molar-refractivity contribution in [2.45, 2.75) is 4.90 Å². The van der Waals surface area contributed by atoms with Crippen LogP contribution in [-0.2, 0) is 10.1 Å². The fourth-order valence-corrected chi connectivity index (χ4v) is 4.28. The van der Waals surface area contributed by atoms with E-state index in [2.05, 4.69) is 0 Å². The van der Waals surface area contributed by atoms with Crippen molar-refractivity contribution in [1.82, 2.24) is 0 Å². The minimum atomic E-state index is -4.39. The van der Waals surface area contributed by atoms with E-state index >= 15 is 0 Å². The minimum absolute atomic E-state index is 0. The maximum atomic E-state index is 11.7. The van der Waals surface area contributed by atoms with Crippen LogP contribution in [0.4, 0.5) is 0 Å². The maximum Gasteiger partial charge on any atom is 1.00 e. The van der Waals surface area contributed by atoms with E-state index in [9.17, 15) is 13.0 Å². The van der Waals surface area contributed by atoms with E-state index in [1.54, 1.807) is 12.1 Å². The van der Waals surface area contributed by atoms with Gasteiger partial charge in [-0.3, -0.25) is 4.55 Å². The smallest absolute Gasteiger partial charge is 1.00 e. The van der Waals surface area contributed by atoms with Crippen LogP contribution in [0.5, 0.6) is 0 Å². The molecule has 0 unspecified atom stereocenters. The Kier molecular flexibility index (Phi) is 4.29. The van der Waals surface area contributed by atoms with Gasteiger partial charge in [-0.1, -0.05) is 54.1 Å². The molecule has 0 heterocycles. The van der Waals surface area contributed by atoms with Gasteiger partial charge in [0.05, 0.1) is 5.02 Å². The Bertz CT molecular complexity index is 1110. The second kappa shape index (κ2) is 5.68. The summed E-state index contributed by atoms with van der Waals surface area (Å²) < 4.78 is 32.8. The van der Waals surface area contributed by atoms with Gasteiger partial charge in [0.15, 0.2) is 0 Å². The summed E-state index contributed by atoms with van der Waals surface area (Å²) in [6, 6.07) is 14.9. The summed E-state index contributed by atoms with van der Waals surface area (Å²) >= 11 is 6.07. The summed E-state index contributed by atoms with van der Waals surface area (Å²) in [5.74, 6) is 0. The third-order valence-corrected chi connectivity index (χ3v) is 5.18. The van der Waals surface area contributed by atoms with Crippen LogP contribution in [-0.4, -0.2) is 13.0 Å². The predicted molar refractivity (Wildman–Crippen MR) is 86.1 cm³/mol. The molecule has 6 heteroatoms. The first-order valence-corrected chi connectivity index (χ1v) is 8.12. The van der Waals surface area contributed by atoms with Crippen LogP contribution in [0.2, 0.25) is 5.02 Å². The molecule has 0 saturated carbocycles. The first kappa shape index (κ1) is 16.6. The molecule has 3 nitrogen and oxygen atoms in total. The van der Waals surface area contributed by atoms with Gasteiger partial charge in [-0.2, -0.15) is 8.42 Å². The predicted octanol–water partition coefficient (Wildman–Crippen LogP) is 1.60. The van der Waals surface area contributed by atoms with Crippen LogP contribution in [0.25, 0.3) is 32.3 Å². The van der Waals surface area contributed by atoms with Crippen molar-refractivity contribution in [1.29, 1.82) is 0 Å². The standard InChI is InChI=1S/C16H9ClO3S.K.H/c17-13-8-11-5-4-9-2-1-3-10-6-7-12(15(11)14(9)10)16(13)21(18,19)20;;/h1-8H,(H,18,19,20);;/q;+1;-1. The Morgan fingerprint density at radius 2 is 1.50 bits per heavy atom. The molecule has 0 aliphatic heterocycles. The van der Waals surface area contributed by atoms with Crippen LogP contribution < -0.4 is 51.4 Å². The Morgan fingerprint density at radius 1 is 0.909 bits per heavy atom. The fourth-order valence-electron chi connectivity index (χ4n) is 3.01. The van der Waals surface area contributed by atoms with Crippen molar-refractivity contribution in [3.8, 4) is 0 Å². The van der Waals surface area contributed by atoms with E-state index in [0.717, 1.165) is 26.9 Å². The molecule has 0 aromatic heterocycles. The molecule has 0 bridgehead atoms. The first-order valence-electron chi connectivity index (χ1n) is 6.30. The molecule has 0 radical (unpaired) electrons. The summed E-state index contributed by atoms with van der Waals surface area (Å²) in [7, 11) is -4.39. The first-order chi connectivity index (χ1) is 9.97. The van der Waals surface area contributed by atoms with E-state index in [1.165, 1.54) is 0 Å². The molecule has 0 fully saturated rings. The third kappa shape index (κ3) is 2.41. The quantitative estimate of drug-likeness (QED) is 0.320. The zero-order valence-corrected chi connectivity index (χ0v) is 16.4. The second-order valence-electron chi connectivity index (χ2n) is 5.02. The molecule has 0 aliphatic rings. The fraction of sp³-hybridized carbons (Fsp3) is 0. The largest absolute Gasteiger partial charge is 1.00 e. The molecule has 0 atom stereocenters. The van der Waals surface area contributed by atoms with E-state index in [-0.39, 0.29) is 62.7 Å². The molecule has 0 amide bonds. The summed E-state index contributed by atoms with van der Waals surface area (Å²) in [4.78, 5) is -0.227. The summed E-state index contributed by atoms with van der Waals surface area (Å²) in [5, 5.41) is 5.17. The van der Waals surface area contributed by atoms with Gasteiger partial charge in [-0.05, 0) is 33.0 Å². The van der Waals surface area contributed by atoms with E-state index in [0.29, 0.717) is 5.39 Å². The Balaban J connectivity index is 0.000000960. The van der Waals surface area contributed by atoms with Gasteiger partial charge in [-0.25, -0.2) is 0 Å². The normalized spacial score (nSPS) is 12.1.